The van der Waals surface area contributed by atoms with Crippen molar-refractivity contribution in [2.45, 2.75) is 90.4 Å². The summed E-state index contributed by atoms with van der Waals surface area (Å²) >= 11 is 0. The van der Waals surface area contributed by atoms with Crippen LogP contribution in [0.4, 0.5) is 0 Å². The van der Waals surface area contributed by atoms with Gasteiger partial charge in [0.05, 0.1) is 11.8 Å². The molecule has 0 N–H and O–H groups in total. The second-order valence-electron chi connectivity index (χ2n) is 10.1. The molecule has 2 aromatic carbocycles. The maximum atomic E-state index is 8.75. The van der Waals surface area contributed by atoms with E-state index in [2.05, 4.69) is 98.0 Å². The Morgan fingerprint density at radius 3 is 2.09 bits per heavy atom. The van der Waals surface area contributed by atoms with Crippen LogP contribution in [0.1, 0.15) is 99.8 Å². The van der Waals surface area contributed by atoms with Crippen molar-refractivity contribution in [2.75, 3.05) is 0 Å². The highest BCUT2D eigenvalue weighted by Gasteiger charge is 2.17. The molecule has 0 saturated heterocycles. The molecule has 34 heavy (non-hydrogen) atoms. The topological polar surface area (TPSA) is 41.6 Å². The van der Waals surface area contributed by atoms with Gasteiger partial charge in [-0.25, -0.2) is 0 Å². The fourth-order valence-corrected chi connectivity index (χ4v) is 4.69. The summed E-state index contributed by atoms with van der Waals surface area (Å²) in [5.41, 5.74) is 6.89. The van der Waals surface area contributed by atoms with Crippen LogP contribution >= 0.6 is 0 Å². The summed E-state index contributed by atoms with van der Waals surface area (Å²) in [6.07, 6.45) is 10.1. The molecule has 0 saturated carbocycles. The van der Waals surface area contributed by atoms with Gasteiger partial charge in [0, 0.05) is 31.3 Å². The first kappa shape index (κ1) is 25.8. The van der Waals surface area contributed by atoms with Gasteiger partial charge in [0.1, 0.15) is 0 Å². The van der Waals surface area contributed by atoms with Gasteiger partial charge in [-0.3, -0.25) is 4.98 Å². The van der Waals surface area contributed by atoms with Gasteiger partial charge in [0.25, 0.3) is 0 Å². The van der Waals surface area contributed by atoms with Crippen LogP contribution in [0.25, 0.3) is 0 Å². The third kappa shape index (κ3) is 7.35. The first-order valence-corrected chi connectivity index (χ1v) is 13.1. The molecule has 0 radical (unpaired) electrons. The van der Waals surface area contributed by atoms with E-state index in [1.54, 1.807) is 0 Å². The number of hydrogen-bond acceptors (Lipinski definition) is 2. The molecule has 0 fully saturated rings. The summed E-state index contributed by atoms with van der Waals surface area (Å²) in [6, 6.07) is 20.7. The lowest BCUT2D eigenvalue weighted by molar-refractivity contribution is 0.626. The molecule has 1 aromatic heterocycles. The predicted molar refractivity (Wildman–Crippen MR) is 145 cm³/mol. The van der Waals surface area contributed by atoms with Crippen LogP contribution in [-0.2, 0) is 6.54 Å². The number of unbranched alkanes of at least 4 members (excludes halogenated alkanes) is 2. The SMILES string of the molecule is CC(C)c1cccc(C(CCCBc2nccn2CCCCC#N)c2cccc(C(C)C)c2)c1. The van der Waals surface area contributed by atoms with Gasteiger partial charge >= 0.3 is 0 Å². The first-order chi connectivity index (χ1) is 16.5. The van der Waals surface area contributed by atoms with E-state index in [0.29, 0.717) is 24.2 Å². The minimum atomic E-state index is 0.420. The molecule has 0 aliphatic heterocycles. The molecule has 3 rings (SSSR count). The molecule has 0 unspecified atom stereocenters. The van der Waals surface area contributed by atoms with Gasteiger partial charge in [0.2, 0.25) is 7.28 Å². The molecule has 0 atom stereocenters. The fourth-order valence-electron chi connectivity index (χ4n) is 4.69. The van der Waals surface area contributed by atoms with Crippen molar-refractivity contribution in [1.82, 2.24) is 9.55 Å². The number of nitriles is 1. The lowest BCUT2D eigenvalue weighted by Crippen LogP contribution is -2.26. The van der Waals surface area contributed by atoms with Crippen molar-refractivity contribution in [3.63, 3.8) is 0 Å². The Balaban J connectivity index is 1.69. The molecule has 178 valence electrons. The van der Waals surface area contributed by atoms with Crippen LogP contribution in [0.2, 0.25) is 6.32 Å². The summed E-state index contributed by atoms with van der Waals surface area (Å²) in [4.78, 5) is 4.61. The number of aryl methyl sites for hydroxylation is 1. The summed E-state index contributed by atoms with van der Waals surface area (Å²) < 4.78 is 2.27. The third-order valence-corrected chi connectivity index (χ3v) is 6.84. The molecule has 4 heteroatoms. The fraction of sp³-hybridized carbons (Fsp3) is 0.467. The number of hydrogen-bond donors (Lipinski definition) is 0. The van der Waals surface area contributed by atoms with E-state index < -0.39 is 0 Å². The van der Waals surface area contributed by atoms with Crippen molar-refractivity contribution < 1.29 is 0 Å². The second kappa shape index (κ2) is 13.2. The van der Waals surface area contributed by atoms with E-state index in [1.807, 2.05) is 6.20 Å². The summed E-state index contributed by atoms with van der Waals surface area (Å²) in [7, 11) is 1.01. The van der Waals surface area contributed by atoms with Crippen LogP contribution in [0, 0.1) is 11.3 Å². The van der Waals surface area contributed by atoms with Crippen molar-refractivity contribution in [1.29, 1.82) is 5.26 Å². The summed E-state index contributed by atoms with van der Waals surface area (Å²) in [5, 5.41) is 8.75. The Kier molecular flexibility index (Phi) is 10.0. The quantitative estimate of drug-likeness (QED) is 0.208. The molecule has 0 aliphatic carbocycles. The average Bonchev–Trinajstić information content (AvgIpc) is 3.29. The van der Waals surface area contributed by atoms with Gasteiger partial charge in [-0.2, -0.15) is 5.26 Å². The molecule has 3 nitrogen and oxygen atoms in total. The van der Waals surface area contributed by atoms with E-state index in [9.17, 15) is 0 Å². The van der Waals surface area contributed by atoms with Crippen molar-refractivity contribution in [2.24, 2.45) is 0 Å². The standard InChI is InChI=1S/C30H40BN3/c1-23(2)25-11-8-13-27(21-25)29(28-14-9-12-26(22-28)24(3)4)15-10-16-31-30-33-18-20-34(30)19-7-5-6-17-32/h8-9,11-14,18,20-24,29,31H,5-7,10,15-16,19H2,1-4H3. The highest BCUT2D eigenvalue weighted by atomic mass is 15.0. The van der Waals surface area contributed by atoms with Crippen molar-refractivity contribution in [3.05, 3.63) is 83.2 Å². The second-order valence-corrected chi connectivity index (χ2v) is 10.1. The van der Waals surface area contributed by atoms with E-state index >= 15 is 0 Å². The summed E-state index contributed by atoms with van der Waals surface area (Å²) in [5.74, 6) is 1.49. The van der Waals surface area contributed by atoms with E-state index in [1.165, 1.54) is 34.4 Å². The number of imidazole rings is 1. The van der Waals surface area contributed by atoms with Gasteiger partial charge in [-0.1, -0.05) is 89.0 Å². The van der Waals surface area contributed by atoms with Crippen LogP contribution in [0.5, 0.6) is 0 Å². The number of nitrogens with zero attached hydrogens (tertiary/aromatic N) is 3. The highest BCUT2D eigenvalue weighted by Crippen LogP contribution is 2.33. The first-order valence-electron chi connectivity index (χ1n) is 13.1. The maximum Gasteiger partial charge on any atom is 0.204 e. The zero-order valence-electron chi connectivity index (χ0n) is 21.5. The molecule has 0 bridgehead atoms. The molecule has 0 spiro atoms. The Hall–Kier alpha value is -2.80. The van der Waals surface area contributed by atoms with E-state index in [0.717, 1.165) is 39.4 Å². The molecule has 0 amide bonds. The zero-order chi connectivity index (χ0) is 24.3. The van der Waals surface area contributed by atoms with Gasteiger partial charge in [0.15, 0.2) is 0 Å². The van der Waals surface area contributed by atoms with Crippen LogP contribution < -0.4 is 5.72 Å². The highest BCUT2D eigenvalue weighted by molar-refractivity contribution is 6.51. The maximum absolute atomic E-state index is 8.75. The zero-order valence-corrected chi connectivity index (χ0v) is 21.5. The van der Waals surface area contributed by atoms with E-state index in [-0.39, 0.29) is 0 Å². The van der Waals surface area contributed by atoms with Crippen molar-refractivity contribution >= 4 is 13.0 Å². The molecule has 3 aromatic rings. The Morgan fingerprint density at radius 2 is 1.50 bits per heavy atom. The lowest BCUT2D eigenvalue weighted by Gasteiger charge is -2.21. The average molecular weight is 453 g/mol. The molecular formula is C30H40BN3. The molecule has 0 aliphatic rings. The normalized spacial score (nSPS) is 11.4. The van der Waals surface area contributed by atoms with E-state index in [4.69, 9.17) is 5.26 Å². The number of benzene rings is 2. The summed E-state index contributed by atoms with van der Waals surface area (Å²) in [6.45, 7) is 10.1. The monoisotopic (exact) mass is 453 g/mol. The van der Waals surface area contributed by atoms with Gasteiger partial charge < -0.3 is 4.57 Å². The predicted octanol–water partition coefficient (Wildman–Crippen LogP) is 6.92. The minimum absolute atomic E-state index is 0.420. The van der Waals surface area contributed by atoms with Crippen LogP contribution in [0.15, 0.2) is 60.9 Å². The number of aromatic nitrogens is 2. The number of rotatable bonds is 13. The molecular weight excluding hydrogens is 413 g/mol. The smallest absolute Gasteiger partial charge is 0.204 e. The third-order valence-electron chi connectivity index (χ3n) is 6.84. The van der Waals surface area contributed by atoms with Crippen LogP contribution in [0.3, 0.4) is 0 Å². The Bertz CT molecular complexity index is 1010. The minimum Gasteiger partial charge on any atom is -0.343 e. The lowest BCUT2D eigenvalue weighted by atomic mass is 9.70. The largest absolute Gasteiger partial charge is 0.343 e. The Morgan fingerprint density at radius 1 is 0.882 bits per heavy atom. The van der Waals surface area contributed by atoms with Gasteiger partial charge in [-0.05, 0) is 53.4 Å². The van der Waals surface area contributed by atoms with Gasteiger partial charge in [-0.15, -0.1) is 0 Å². The van der Waals surface area contributed by atoms with Crippen LogP contribution in [-0.4, -0.2) is 16.8 Å². The Labute approximate surface area is 207 Å². The van der Waals surface area contributed by atoms with Crippen molar-refractivity contribution in [3.8, 4) is 6.07 Å². The molecule has 1 heterocycles.